The number of anilines is 1. The molecule has 3 rings (SSSR count). The zero-order valence-corrected chi connectivity index (χ0v) is 17.2. The Hall–Kier alpha value is -3.53. The number of nitriles is 1. The van der Waals surface area contributed by atoms with Crippen molar-refractivity contribution in [2.45, 2.75) is 22.9 Å². The number of hydrogen-bond donors (Lipinski definition) is 3. The molecular weight excluding hydrogens is 392 g/mol. The predicted molar refractivity (Wildman–Crippen MR) is 121 cm³/mol. The van der Waals surface area contributed by atoms with E-state index < -0.39 is 5.91 Å². The van der Waals surface area contributed by atoms with Gasteiger partial charge in [-0.3, -0.25) is 4.79 Å². The van der Waals surface area contributed by atoms with Crippen LogP contribution in [-0.2, 0) is 17.9 Å². The SMILES string of the molecule is N#C/C(=C/NCc1cccc(CN)c1)C(=O)Nc1ccccc1Sc1ccccc1. The van der Waals surface area contributed by atoms with Crippen LogP contribution in [0.2, 0.25) is 0 Å². The average Bonchev–Trinajstić information content (AvgIpc) is 2.79. The van der Waals surface area contributed by atoms with Gasteiger partial charge in [0.05, 0.1) is 5.69 Å². The van der Waals surface area contributed by atoms with Gasteiger partial charge in [-0.1, -0.05) is 66.4 Å². The van der Waals surface area contributed by atoms with E-state index in [-0.39, 0.29) is 5.57 Å². The summed E-state index contributed by atoms with van der Waals surface area (Å²) in [6, 6.07) is 27.2. The first-order valence-corrected chi connectivity index (χ1v) is 10.3. The first-order chi connectivity index (χ1) is 14.7. The minimum Gasteiger partial charge on any atom is -0.386 e. The maximum absolute atomic E-state index is 12.6. The zero-order valence-electron chi connectivity index (χ0n) is 16.3. The summed E-state index contributed by atoms with van der Waals surface area (Å²) in [5.74, 6) is -0.457. The van der Waals surface area contributed by atoms with E-state index in [9.17, 15) is 10.1 Å². The molecule has 5 nitrogen and oxygen atoms in total. The summed E-state index contributed by atoms with van der Waals surface area (Å²) in [7, 11) is 0. The molecule has 3 aromatic carbocycles. The molecule has 0 radical (unpaired) electrons. The number of carbonyl (C=O) groups excluding carboxylic acids is 1. The maximum atomic E-state index is 12.6. The topological polar surface area (TPSA) is 90.9 Å². The first-order valence-electron chi connectivity index (χ1n) is 9.44. The number of nitrogens with two attached hydrogens (primary N) is 1. The number of nitrogens with one attached hydrogen (secondary N) is 2. The van der Waals surface area contributed by atoms with E-state index in [0.29, 0.717) is 18.8 Å². The normalized spacial score (nSPS) is 10.9. The van der Waals surface area contributed by atoms with E-state index >= 15 is 0 Å². The van der Waals surface area contributed by atoms with Gasteiger partial charge >= 0.3 is 0 Å². The monoisotopic (exact) mass is 414 g/mol. The van der Waals surface area contributed by atoms with Gasteiger partial charge in [0.15, 0.2) is 0 Å². The summed E-state index contributed by atoms with van der Waals surface area (Å²) in [6.45, 7) is 0.961. The van der Waals surface area contributed by atoms with Gasteiger partial charge in [0.2, 0.25) is 0 Å². The van der Waals surface area contributed by atoms with Crippen molar-refractivity contribution in [1.29, 1.82) is 5.26 Å². The van der Waals surface area contributed by atoms with E-state index in [1.165, 1.54) is 6.20 Å². The minimum atomic E-state index is -0.457. The molecule has 0 atom stereocenters. The fourth-order valence-corrected chi connectivity index (χ4v) is 3.67. The Morgan fingerprint density at radius 2 is 1.73 bits per heavy atom. The molecule has 0 fully saturated rings. The van der Waals surface area contributed by atoms with Crippen LogP contribution in [0.1, 0.15) is 11.1 Å². The lowest BCUT2D eigenvalue weighted by atomic mass is 10.1. The molecule has 1 amide bonds. The molecule has 0 aromatic heterocycles. The molecule has 0 saturated heterocycles. The quantitative estimate of drug-likeness (QED) is 0.375. The van der Waals surface area contributed by atoms with E-state index in [1.54, 1.807) is 11.8 Å². The highest BCUT2D eigenvalue weighted by molar-refractivity contribution is 7.99. The van der Waals surface area contributed by atoms with Crippen LogP contribution in [0.3, 0.4) is 0 Å². The molecule has 30 heavy (non-hydrogen) atoms. The number of carbonyl (C=O) groups is 1. The third-order valence-corrected chi connectivity index (χ3v) is 5.33. The second kappa shape index (κ2) is 10.9. The van der Waals surface area contributed by atoms with Gasteiger partial charge < -0.3 is 16.4 Å². The standard InChI is InChI=1S/C24H22N4OS/c25-14-18-7-6-8-19(13-18)16-27-17-20(15-26)24(29)28-22-11-4-5-12-23(22)30-21-9-2-1-3-10-21/h1-13,17,27H,14,16,25H2,(H,28,29)/b20-17-. The van der Waals surface area contributed by atoms with Crippen molar-refractivity contribution >= 4 is 23.4 Å². The van der Waals surface area contributed by atoms with Gasteiger partial charge in [0.25, 0.3) is 5.91 Å². The van der Waals surface area contributed by atoms with Crippen molar-refractivity contribution in [3.8, 4) is 6.07 Å². The van der Waals surface area contributed by atoms with E-state index in [4.69, 9.17) is 5.73 Å². The lowest BCUT2D eigenvalue weighted by Crippen LogP contribution is -2.17. The van der Waals surface area contributed by atoms with Crippen LogP contribution in [0, 0.1) is 11.3 Å². The molecule has 4 N–H and O–H groups in total. The highest BCUT2D eigenvalue weighted by Gasteiger charge is 2.12. The Morgan fingerprint density at radius 1 is 1.00 bits per heavy atom. The van der Waals surface area contributed by atoms with Crippen molar-refractivity contribution in [1.82, 2.24) is 5.32 Å². The Bertz CT molecular complexity index is 1070. The van der Waals surface area contributed by atoms with Crippen LogP contribution in [0.25, 0.3) is 0 Å². The predicted octanol–water partition coefficient (Wildman–Crippen LogP) is 4.43. The average molecular weight is 415 g/mol. The summed E-state index contributed by atoms with van der Waals surface area (Å²) in [4.78, 5) is 14.6. The molecule has 6 heteroatoms. The number of benzene rings is 3. The van der Waals surface area contributed by atoms with Crippen molar-refractivity contribution < 1.29 is 4.79 Å². The molecule has 3 aromatic rings. The highest BCUT2D eigenvalue weighted by atomic mass is 32.2. The third kappa shape index (κ3) is 5.98. The van der Waals surface area contributed by atoms with Crippen molar-refractivity contribution in [2.24, 2.45) is 5.73 Å². The van der Waals surface area contributed by atoms with Crippen LogP contribution in [0.4, 0.5) is 5.69 Å². The van der Waals surface area contributed by atoms with Gasteiger partial charge in [0, 0.05) is 29.1 Å². The smallest absolute Gasteiger partial charge is 0.267 e. The Kier molecular flexibility index (Phi) is 7.67. The fourth-order valence-electron chi connectivity index (χ4n) is 2.75. The summed E-state index contributed by atoms with van der Waals surface area (Å²) >= 11 is 1.55. The molecule has 0 heterocycles. The number of amides is 1. The molecular formula is C24H22N4OS. The van der Waals surface area contributed by atoms with Gasteiger partial charge in [-0.15, -0.1) is 0 Å². The maximum Gasteiger partial charge on any atom is 0.267 e. The Balaban J connectivity index is 1.66. The highest BCUT2D eigenvalue weighted by Crippen LogP contribution is 2.33. The second-order valence-corrected chi connectivity index (χ2v) is 7.56. The number of nitrogens with zero attached hydrogens (tertiary/aromatic N) is 1. The van der Waals surface area contributed by atoms with Crippen LogP contribution >= 0.6 is 11.8 Å². The van der Waals surface area contributed by atoms with Gasteiger partial charge in [-0.25, -0.2) is 0 Å². The third-order valence-electron chi connectivity index (χ3n) is 4.25. The fraction of sp³-hybridized carbons (Fsp3) is 0.0833. The summed E-state index contributed by atoms with van der Waals surface area (Å²) in [6.07, 6.45) is 1.44. The molecule has 0 spiro atoms. The summed E-state index contributed by atoms with van der Waals surface area (Å²) < 4.78 is 0. The number of rotatable bonds is 8. The number of para-hydroxylation sites is 1. The van der Waals surface area contributed by atoms with Crippen molar-refractivity contribution in [3.63, 3.8) is 0 Å². The van der Waals surface area contributed by atoms with Crippen LogP contribution in [-0.4, -0.2) is 5.91 Å². The molecule has 0 unspecified atom stereocenters. The zero-order chi connectivity index (χ0) is 21.2. The van der Waals surface area contributed by atoms with E-state index in [0.717, 1.165) is 20.9 Å². The minimum absolute atomic E-state index is 0.00416. The summed E-state index contributed by atoms with van der Waals surface area (Å²) in [5.41, 5.74) is 8.38. The lowest BCUT2D eigenvalue weighted by Gasteiger charge is -2.10. The van der Waals surface area contributed by atoms with Crippen LogP contribution in [0.5, 0.6) is 0 Å². The Morgan fingerprint density at radius 3 is 2.50 bits per heavy atom. The largest absolute Gasteiger partial charge is 0.386 e. The molecule has 0 aliphatic rings. The van der Waals surface area contributed by atoms with Crippen LogP contribution in [0.15, 0.2) is 100 Å². The van der Waals surface area contributed by atoms with Crippen LogP contribution < -0.4 is 16.4 Å². The number of hydrogen-bond acceptors (Lipinski definition) is 5. The van der Waals surface area contributed by atoms with Gasteiger partial charge in [0.1, 0.15) is 11.6 Å². The summed E-state index contributed by atoms with van der Waals surface area (Å²) in [5, 5.41) is 15.3. The van der Waals surface area contributed by atoms with E-state index in [2.05, 4.69) is 10.6 Å². The first kappa shape index (κ1) is 21.2. The molecule has 0 saturated carbocycles. The van der Waals surface area contributed by atoms with Gasteiger partial charge in [-0.05, 0) is 35.4 Å². The molecule has 0 aliphatic carbocycles. The second-order valence-electron chi connectivity index (χ2n) is 6.44. The van der Waals surface area contributed by atoms with Gasteiger partial charge in [-0.2, -0.15) is 5.26 Å². The lowest BCUT2D eigenvalue weighted by molar-refractivity contribution is -0.112. The van der Waals surface area contributed by atoms with Crippen molar-refractivity contribution in [2.75, 3.05) is 5.32 Å². The molecule has 150 valence electrons. The van der Waals surface area contributed by atoms with Crippen molar-refractivity contribution in [3.05, 3.63) is 102 Å². The molecule has 0 aliphatic heterocycles. The molecule has 0 bridgehead atoms. The Labute approximate surface area is 180 Å². The van der Waals surface area contributed by atoms with E-state index in [1.807, 2.05) is 84.9 Å².